The number of para-hydroxylation sites is 1. The van der Waals surface area contributed by atoms with E-state index in [1.54, 1.807) is 24.0 Å². The lowest BCUT2D eigenvalue weighted by atomic mass is 9.88. The summed E-state index contributed by atoms with van der Waals surface area (Å²) in [6, 6.07) is 11.4. The van der Waals surface area contributed by atoms with Gasteiger partial charge in [-0.05, 0) is 56.9 Å². The van der Waals surface area contributed by atoms with Gasteiger partial charge in [0.1, 0.15) is 5.82 Å². The Bertz CT molecular complexity index is 868. The Morgan fingerprint density at radius 2 is 1.92 bits per heavy atom. The van der Waals surface area contributed by atoms with E-state index in [2.05, 4.69) is 36.7 Å². The van der Waals surface area contributed by atoms with Crippen molar-refractivity contribution in [2.24, 2.45) is 4.99 Å². The van der Waals surface area contributed by atoms with E-state index in [1.807, 2.05) is 43.6 Å². The third-order valence-corrected chi connectivity index (χ3v) is 5.55. The molecule has 2 aromatic rings. The maximum absolute atomic E-state index is 14.7. The summed E-state index contributed by atoms with van der Waals surface area (Å²) in [6.45, 7) is 6.34. The minimum atomic E-state index is -0.249. The second kappa shape index (κ2) is 6.68. The van der Waals surface area contributed by atoms with Crippen LogP contribution >= 0.6 is 11.8 Å². The van der Waals surface area contributed by atoms with Crippen molar-refractivity contribution in [1.29, 1.82) is 0 Å². The van der Waals surface area contributed by atoms with Gasteiger partial charge in [0.05, 0.1) is 11.2 Å². The minimum absolute atomic E-state index is 0.129. The van der Waals surface area contributed by atoms with Crippen LogP contribution in [0.25, 0.3) is 5.57 Å². The summed E-state index contributed by atoms with van der Waals surface area (Å²) in [5.41, 5.74) is 4.38. The van der Waals surface area contributed by atoms with Crippen LogP contribution in [0, 0.1) is 5.82 Å². The van der Waals surface area contributed by atoms with Gasteiger partial charge in [-0.2, -0.15) is 0 Å². The largest absolute Gasteiger partial charge is 0.365 e. The lowest BCUT2D eigenvalue weighted by Crippen LogP contribution is -2.42. The quantitative estimate of drug-likeness (QED) is 0.501. The van der Waals surface area contributed by atoms with Crippen LogP contribution in [-0.4, -0.2) is 25.1 Å². The number of allylic oxidation sites excluding steroid dienone is 1. The molecule has 0 saturated heterocycles. The van der Waals surface area contributed by atoms with Crippen LogP contribution in [-0.2, 0) is 0 Å². The first kappa shape index (κ1) is 17.7. The molecule has 1 aliphatic rings. The molecule has 130 valence electrons. The summed E-state index contributed by atoms with van der Waals surface area (Å²) in [4.78, 5) is 7.70. The lowest BCUT2D eigenvalue weighted by molar-refractivity contribution is 0.589. The fourth-order valence-electron chi connectivity index (χ4n) is 3.16. The normalized spacial score (nSPS) is 16.1. The highest BCUT2D eigenvalue weighted by atomic mass is 32.2. The highest BCUT2D eigenvalue weighted by molar-refractivity contribution is 7.98. The van der Waals surface area contributed by atoms with Crippen molar-refractivity contribution in [2.45, 2.75) is 31.2 Å². The molecule has 0 saturated carbocycles. The summed E-state index contributed by atoms with van der Waals surface area (Å²) in [5, 5.41) is 0. The van der Waals surface area contributed by atoms with Gasteiger partial charge in [-0.3, -0.25) is 4.99 Å². The smallest absolute Gasteiger partial charge is 0.134 e. The zero-order valence-corrected chi connectivity index (χ0v) is 16.1. The van der Waals surface area contributed by atoms with Crippen molar-refractivity contribution in [2.75, 3.05) is 18.2 Å². The number of aliphatic imine (C=N–C) groups is 1. The second-order valence-corrected chi connectivity index (χ2v) is 7.71. The molecule has 2 nitrogen and oxygen atoms in total. The summed E-state index contributed by atoms with van der Waals surface area (Å²) < 4.78 is 14.7. The highest BCUT2D eigenvalue weighted by Crippen LogP contribution is 2.39. The van der Waals surface area contributed by atoms with Crippen LogP contribution in [0.3, 0.4) is 0 Å². The van der Waals surface area contributed by atoms with E-state index in [1.165, 1.54) is 0 Å². The van der Waals surface area contributed by atoms with Crippen LogP contribution < -0.4 is 4.90 Å². The molecule has 0 N–H and O–H groups in total. The Morgan fingerprint density at radius 3 is 2.64 bits per heavy atom. The Morgan fingerprint density at radius 1 is 1.20 bits per heavy atom. The van der Waals surface area contributed by atoms with Crippen molar-refractivity contribution >= 4 is 34.9 Å². The van der Waals surface area contributed by atoms with E-state index in [0.29, 0.717) is 5.56 Å². The Hall–Kier alpha value is -2.07. The third-order valence-electron chi connectivity index (χ3n) is 4.76. The van der Waals surface area contributed by atoms with Gasteiger partial charge in [0, 0.05) is 35.0 Å². The molecule has 0 unspecified atom stereocenters. The van der Waals surface area contributed by atoms with Crippen LogP contribution in [0.4, 0.5) is 15.8 Å². The van der Waals surface area contributed by atoms with Crippen LogP contribution in [0.5, 0.6) is 0 Å². The predicted molar refractivity (Wildman–Crippen MR) is 108 cm³/mol. The number of hydrogen-bond acceptors (Lipinski definition) is 3. The van der Waals surface area contributed by atoms with Crippen LogP contribution in [0.15, 0.2) is 52.4 Å². The lowest BCUT2D eigenvalue weighted by Gasteiger charge is -2.40. The van der Waals surface area contributed by atoms with E-state index in [4.69, 9.17) is 0 Å². The summed E-state index contributed by atoms with van der Waals surface area (Å²) in [7, 11) is 2.00. The molecule has 4 heteroatoms. The zero-order valence-electron chi connectivity index (χ0n) is 15.3. The third kappa shape index (κ3) is 3.36. The first-order valence-corrected chi connectivity index (χ1v) is 9.50. The first-order valence-electron chi connectivity index (χ1n) is 8.28. The van der Waals surface area contributed by atoms with Crippen molar-refractivity contribution in [3.63, 3.8) is 0 Å². The number of benzene rings is 2. The average molecular weight is 354 g/mol. The van der Waals surface area contributed by atoms with Crippen molar-refractivity contribution in [3.8, 4) is 0 Å². The second-order valence-electron chi connectivity index (χ2n) is 6.86. The minimum Gasteiger partial charge on any atom is -0.365 e. The maximum atomic E-state index is 14.7. The summed E-state index contributed by atoms with van der Waals surface area (Å²) in [6.07, 6.45) is 5.86. The molecule has 0 fully saturated rings. The van der Waals surface area contributed by atoms with Gasteiger partial charge < -0.3 is 4.90 Å². The molecule has 25 heavy (non-hydrogen) atoms. The molecule has 0 bridgehead atoms. The number of nitrogens with zero attached hydrogens (tertiary/aromatic N) is 2. The molecule has 3 rings (SSSR count). The first-order chi connectivity index (χ1) is 11.8. The molecule has 1 aliphatic heterocycles. The number of rotatable bonds is 3. The van der Waals surface area contributed by atoms with E-state index in [0.717, 1.165) is 27.4 Å². The Balaban J connectivity index is 2.03. The molecule has 0 aliphatic carbocycles. The summed E-state index contributed by atoms with van der Waals surface area (Å²) in [5.74, 6) is -0.249. The molecule has 0 amide bonds. The van der Waals surface area contributed by atoms with Crippen molar-refractivity contribution in [1.82, 2.24) is 0 Å². The van der Waals surface area contributed by atoms with Gasteiger partial charge >= 0.3 is 0 Å². The SMILES string of the molecule is CSc1ccccc1N=Cc1cc2c(cc1F)N(C)C(C)(C)C=C2C. The van der Waals surface area contributed by atoms with Gasteiger partial charge in [-0.1, -0.05) is 18.2 Å². The van der Waals surface area contributed by atoms with E-state index in [9.17, 15) is 4.39 Å². The molecule has 0 spiro atoms. The average Bonchev–Trinajstić information content (AvgIpc) is 2.58. The molecule has 2 aromatic carbocycles. The van der Waals surface area contributed by atoms with Crippen LogP contribution in [0.1, 0.15) is 31.9 Å². The maximum Gasteiger partial charge on any atom is 0.134 e. The molecular weight excluding hydrogens is 331 g/mol. The number of anilines is 1. The molecule has 0 atom stereocenters. The van der Waals surface area contributed by atoms with E-state index >= 15 is 0 Å². The fourth-order valence-corrected chi connectivity index (χ4v) is 3.71. The molecule has 0 radical (unpaired) electrons. The number of hydrogen-bond donors (Lipinski definition) is 0. The number of halogens is 1. The number of fused-ring (bicyclic) bond motifs is 1. The fraction of sp³-hybridized carbons (Fsp3) is 0.286. The monoisotopic (exact) mass is 354 g/mol. The molecule has 1 heterocycles. The Kier molecular flexibility index (Phi) is 4.74. The van der Waals surface area contributed by atoms with Gasteiger partial charge in [0.15, 0.2) is 0 Å². The Labute approximate surface area is 153 Å². The molecule has 0 aromatic heterocycles. The topological polar surface area (TPSA) is 15.6 Å². The van der Waals surface area contributed by atoms with Crippen LogP contribution in [0.2, 0.25) is 0 Å². The van der Waals surface area contributed by atoms with Gasteiger partial charge in [0.25, 0.3) is 0 Å². The highest BCUT2D eigenvalue weighted by Gasteiger charge is 2.29. The number of thioether (sulfide) groups is 1. The van der Waals surface area contributed by atoms with E-state index < -0.39 is 0 Å². The molecular formula is C21H23FN2S. The van der Waals surface area contributed by atoms with Gasteiger partial charge in [0.2, 0.25) is 0 Å². The zero-order chi connectivity index (χ0) is 18.2. The van der Waals surface area contributed by atoms with E-state index in [-0.39, 0.29) is 11.4 Å². The van der Waals surface area contributed by atoms with Gasteiger partial charge in [-0.25, -0.2) is 4.39 Å². The van der Waals surface area contributed by atoms with Crippen molar-refractivity contribution in [3.05, 3.63) is 59.4 Å². The standard InChI is InChI=1S/C21H23FN2S/c1-14-12-21(2,3)24(4)19-11-17(22)15(10-16(14)19)13-23-18-8-6-7-9-20(18)25-5/h6-13H,1-5H3. The predicted octanol–water partition coefficient (Wildman–Crippen LogP) is 5.93. The summed E-state index contributed by atoms with van der Waals surface area (Å²) >= 11 is 1.63. The number of likely N-dealkylation sites (N-methyl/N-ethyl adjacent to an activating group) is 1. The van der Waals surface area contributed by atoms with Crippen molar-refractivity contribution < 1.29 is 4.39 Å². The van der Waals surface area contributed by atoms with Gasteiger partial charge in [-0.15, -0.1) is 11.8 Å².